The van der Waals surface area contributed by atoms with Crippen LogP contribution in [0.3, 0.4) is 0 Å². The minimum absolute atomic E-state index is 0.643. The average molecular weight is 263 g/mol. The summed E-state index contributed by atoms with van der Waals surface area (Å²) >= 11 is 0. The van der Waals surface area contributed by atoms with Gasteiger partial charge in [-0.2, -0.15) is 0 Å². The minimum atomic E-state index is -0.827. The van der Waals surface area contributed by atoms with Gasteiger partial charge in [-0.1, -0.05) is 0 Å². The van der Waals surface area contributed by atoms with Gasteiger partial charge in [0.05, 0.1) is 6.10 Å². The second kappa shape index (κ2) is 5.13. The topological polar surface area (TPSA) is 25.0 Å². The maximum Gasteiger partial charge on any atom is 0.159 e. The zero-order valence-electron chi connectivity index (χ0n) is 10.4. The van der Waals surface area contributed by atoms with Gasteiger partial charge in [-0.15, -0.1) is 0 Å². The summed E-state index contributed by atoms with van der Waals surface area (Å²) in [5.74, 6) is -0.660. The summed E-state index contributed by atoms with van der Waals surface area (Å²) < 4.78 is 30.6. The first-order chi connectivity index (χ1) is 9.24. The number of hydrogen-bond acceptors (Lipinski definition) is 1. The smallest absolute Gasteiger partial charge is 0.159 e. The fourth-order valence-corrected chi connectivity index (χ4v) is 2.27. The number of hydrogen-bond donors (Lipinski definition) is 1. The highest BCUT2D eigenvalue weighted by atomic mass is 19.2. The van der Waals surface area contributed by atoms with Gasteiger partial charge in [0.15, 0.2) is 11.6 Å². The molecule has 1 aromatic carbocycles. The molecule has 0 radical (unpaired) electrons. The highest BCUT2D eigenvalue weighted by Crippen LogP contribution is 2.41. The highest BCUT2D eigenvalue weighted by Gasteiger charge is 2.42. The Morgan fingerprint density at radius 3 is 2.53 bits per heavy atom. The van der Waals surface area contributed by atoms with Crippen LogP contribution in [0.4, 0.5) is 8.78 Å². The molecule has 1 aliphatic carbocycles. The van der Waals surface area contributed by atoms with E-state index in [1.54, 1.807) is 18.3 Å². The Bertz CT molecular complexity index is 545. The molecule has 1 aliphatic heterocycles. The summed E-state index contributed by atoms with van der Waals surface area (Å²) in [5.41, 5.74) is 1.42. The van der Waals surface area contributed by atoms with E-state index >= 15 is 0 Å². The first kappa shape index (κ1) is 12.4. The number of fused-ring (bicyclic) bond motifs is 1. The average Bonchev–Trinajstić information content (AvgIpc) is 2.88. The van der Waals surface area contributed by atoms with E-state index in [1.165, 1.54) is 25.0 Å². The van der Waals surface area contributed by atoms with Crippen LogP contribution >= 0.6 is 0 Å². The van der Waals surface area contributed by atoms with Crippen LogP contribution in [0.25, 0.3) is 11.3 Å². The molecule has 4 heteroatoms. The second-order valence-corrected chi connectivity index (χ2v) is 4.91. The van der Waals surface area contributed by atoms with Crippen LogP contribution < -0.4 is 0 Å². The van der Waals surface area contributed by atoms with Crippen molar-refractivity contribution < 1.29 is 13.5 Å². The van der Waals surface area contributed by atoms with Crippen molar-refractivity contribution in [1.82, 2.24) is 4.98 Å². The zero-order valence-corrected chi connectivity index (χ0v) is 10.4. The number of H-pyrrole nitrogens is 1. The number of halogens is 2. The molecule has 1 N–H and O–H groups in total. The molecule has 2 atom stereocenters. The summed E-state index contributed by atoms with van der Waals surface area (Å²) in [5, 5.41) is 0. The summed E-state index contributed by atoms with van der Waals surface area (Å²) in [6.07, 6.45) is 5.14. The molecule has 2 aromatic rings. The third kappa shape index (κ3) is 2.84. The lowest BCUT2D eigenvalue weighted by molar-refractivity contribution is 0.156. The molecule has 0 spiro atoms. The molecule has 2 nitrogen and oxygen atoms in total. The van der Waals surface area contributed by atoms with Crippen molar-refractivity contribution >= 4 is 0 Å². The van der Waals surface area contributed by atoms with Crippen molar-refractivity contribution in [3.05, 3.63) is 48.2 Å². The highest BCUT2D eigenvalue weighted by molar-refractivity contribution is 5.59. The Labute approximate surface area is 110 Å². The van der Waals surface area contributed by atoms with E-state index in [0.29, 0.717) is 11.7 Å². The van der Waals surface area contributed by atoms with Gasteiger partial charge in [0.2, 0.25) is 0 Å². The van der Waals surface area contributed by atoms with Gasteiger partial charge in [-0.3, -0.25) is 0 Å². The SMILES string of the molecule is C1CC2CC2O1.Fc1ccc(-c2ccc[nH]2)cc1F. The minimum Gasteiger partial charge on any atom is -0.378 e. The molecule has 1 saturated carbocycles. The van der Waals surface area contributed by atoms with Crippen LogP contribution in [-0.4, -0.2) is 17.7 Å². The molecule has 0 amide bonds. The molecule has 19 heavy (non-hydrogen) atoms. The van der Waals surface area contributed by atoms with E-state index in [9.17, 15) is 8.78 Å². The van der Waals surface area contributed by atoms with E-state index in [2.05, 4.69) is 4.98 Å². The number of aromatic nitrogens is 1. The lowest BCUT2D eigenvalue weighted by Gasteiger charge is -1.98. The number of benzene rings is 1. The van der Waals surface area contributed by atoms with Crippen molar-refractivity contribution in [2.24, 2.45) is 5.92 Å². The molecule has 2 unspecified atom stereocenters. The van der Waals surface area contributed by atoms with Crippen LogP contribution in [0.1, 0.15) is 12.8 Å². The van der Waals surface area contributed by atoms with Crippen molar-refractivity contribution in [2.75, 3.05) is 6.61 Å². The largest absolute Gasteiger partial charge is 0.378 e. The molecule has 0 bridgehead atoms. The Balaban J connectivity index is 0.000000151. The van der Waals surface area contributed by atoms with Crippen LogP contribution in [0.5, 0.6) is 0 Å². The number of rotatable bonds is 1. The predicted molar refractivity (Wildman–Crippen MR) is 68.6 cm³/mol. The van der Waals surface area contributed by atoms with Gasteiger partial charge in [0, 0.05) is 24.1 Å². The van der Waals surface area contributed by atoms with E-state index < -0.39 is 11.6 Å². The van der Waals surface area contributed by atoms with Crippen LogP contribution in [0.2, 0.25) is 0 Å². The van der Waals surface area contributed by atoms with Crippen molar-refractivity contribution in [2.45, 2.75) is 18.9 Å². The molecule has 2 aliphatic rings. The van der Waals surface area contributed by atoms with Gasteiger partial charge in [-0.25, -0.2) is 8.78 Å². The predicted octanol–water partition coefficient (Wildman–Crippen LogP) is 3.76. The van der Waals surface area contributed by atoms with Gasteiger partial charge < -0.3 is 9.72 Å². The van der Waals surface area contributed by atoms with E-state index in [4.69, 9.17) is 4.74 Å². The molecule has 2 heterocycles. The molecule has 1 saturated heterocycles. The maximum absolute atomic E-state index is 12.8. The third-order valence-electron chi connectivity index (χ3n) is 3.51. The summed E-state index contributed by atoms with van der Waals surface area (Å²) in [7, 11) is 0. The van der Waals surface area contributed by atoms with Gasteiger partial charge in [0.25, 0.3) is 0 Å². The summed E-state index contributed by atoms with van der Waals surface area (Å²) in [6.45, 7) is 1.04. The van der Waals surface area contributed by atoms with Gasteiger partial charge in [0.1, 0.15) is 0 Å². The second-order valence-electron chi connectivity index (χ2n) is 4.91. The summed E-state index contributed by atoms with van der Waals surface area (Å²) in [4.78, 5) is 2.91. The quantitative estimate of drug-likeness (QED) is 0.832. The third-order valence-corrected chi connectivity index (χ3v) is 3.51. The molecular formula is C15H15F2NO. The number of nitrogens with one attached hydrogen (secondary N) is 1. The van der Waals surface area contributed by atoms with E-state index in [1.807, 2.05) is 0 Å². The molecule has 2 fully saturated rings. The van der Waals surface area contributed by atoms with Crippen molar-refractivity contribution in [3.63, 3.8) is 0 Å². The van der Waals surface area contributed by atoms with E-state index in [-0.39, 0.29) is 0 Å². The number of ether oxygens (including phenoxy) is 1. The monoisotopic (exact) mass is 263 g/mol. The van der Waals surface area contributed by atoms with E-state index in [0.717, 1.165) is 24.3 Å². The van der Waals surface area contributed by atoms with Crippen LogP contribution in [0.15, 0.2) is 36.5 Å². The number of aromatic amines is 1. The maximum atomic E-state index is 12.8. The first-order valence-corrected chi connectivity index (χ1v) is 6.44. The molecule has 1 aromatic heterocycles. The lowest BCUT2D eigenvalue weighted by atomic mass is 10.1. The summed E-state index contributed by atoms with van der Waals surface area (Å²) in [6, 6.07) is 7.42. The zero-order chi connectivity index (χ0) is 13.2. The fourth-order valence-electron chi connectivity index (χ4n) is 2.27. The Kier molecular flexibility index (Phi) is 3.34. The van der Waals surface area contributed by atoms with Crippen LogP contribution in [-0.2, 0) is 4.74 Å². The van der Waals surface area contributed by atoms with Crippen molar-refractivity contribution in [1.29, 1.82) is 0 Å². The Hall–Kier alpha value is -1.68. The van der Waals surface area contributed by atoms with Gasteiger partial charge in [-0.05, 0) is 49.1 Å². The molecular weight excluding hydrogens is 248 g/mol. The molecule has 100 valence electrons. The van der Waals surface area contributed by atoms with Crippen molar-refractivity contribution in [3.8, 4) is 11.3 Å². The Morgan fingerprint density at radius 2 is 2.05 bits per heavy atom. The normalized spacial score (nSPS) is 23.5. The first-order valence-electron chi connectivity index (χ1n) is 6.44. The lowest BCUT2D eigenvalue weighted by Crippen LogP contribution is -1.84. The standard InChI is InChI=1S/C10H7F2N.C5H8O/c11-8-4-3-7(6-9(8)12)10-2-1-5-13-10;1-2-6-5-3-4(1)5/h1-6,13H;4-5H,1-3H2. The van der Waals surface area contributed by atoms with Crippen LogP contribution in [0, 0.1) is 17.6 Å². The Morgan fingerprint density at radius 1 is 1.16 bits per heavy atom. The fraction of sp³-hybridized carbons (Fsp3) is 0.333. The molecule has 4 rings (SSSR count). The van der Waals surface area contributed by atoms with Gasteiger partial charge >= 0.3 is 0 Å².